The molecule has 0 unspecified atom stereocenters. The van der Waals surface area contributed by atoms with Gasteiger partial charge in [-0.25, -0.2) is 0 Å². The largest absolute Gasteiger partial charge is 0.367 e. The van der Waals surface area contributed by atoms with E-state index >= 15 is 0 Å². The Morgan fingerprint density at radius 3 is 2.50 bits per heavy atom. The Hall–Kier alpha value is -2.53. The molecule has 0 atom stereocenters. The van der Waals surface area contributed by atoms with Crippen molar-refractivity contribution in [2.24, 2.45) is 0 Å². The van der Waals surface area contributed by atoms with Crippen LogP contribution in [0, 0.1) is 6.92 Å². The van der Waals surface area contributed by atoms with Crippen molar-refractivity contribution in [2.75, 3.05) is 12.0 Å². The molecule has 4 nitrogen and oxygen atoms in total. The Morgan fingerprint density at radius 1 is 1.12 bits per heavy atom. The van der Waals surface area contributed by atoms with Gasteiger partial charge in [0.05, 0.1) is 11.6 Å². The molecule has 26 heavy (non-hydrogen) atoms. The molecule has 1 saturated heterocycles. The number of benzene rings is 2. The molecule has 0 radical (unpaired) electrons. The Bertz CT molecular complexity index is 857. The van der Waals surface area contributed by atoms with Gasteiger partial charge in [0.15, 0.2) is 0 Å². The number of aryl methyl sites for hydroxylation is 1. The summed E-state index contributed by atoms with van der Waals surface area (Å²) in [6.45, 7) is 6.44. The molecule has 2 aromatic rings. The van der Waals surface area contributed by atoms with Crippen molar-refractivity contribution >= 4 is 34.7 Å². The molecule has 1 fully saturated rings. The molecule has 2 aromatic carbocycles. The predicted octanol–water partition coefficient (Wildman–Crippen LogP) is 5.22. The Morgan fingerprint density at radius 2 is 1.85 bits per heavy atom. The molecular formula is C21H22N2O2S. The summed E-state index contributed by atoms with van der Waals surface area (Å²) in [5.41, 5.74) is 4.18. The van der Waals surface area contributed by atoms with Gasteiger partial charge in [-0.15, -0.1) is 0 Å². The zero-order chi connectivity index (χ0) is 18.7. The van der Waals surface area contributed by atoms with Crippen molar-refractivity contribution in [3.63, 3.8) is 0 Å². The summed E-state index contributed by atoms with van der Waals surface area (Å²) < 4.78 is 0. The molecule has 0 spiro atoms. The van der Waals surface area contributed by atoms with Gasteiger partial charge in [-0.05, 0) is 59.5 Å². The van der Waals surface area contributed by atoms with E-state index < -0.39 is 0 Å². The van der Waals surface area contributed by atoms with Crippen molar-refractivity contribution in [3.05, 3.63) is 70.1 Å². The van der Waals surface area contributed by atoms with Crippen molar-refractivity contribution < 1.29 is 9.59 Å². The van der Waals surface area contributed by atoms with Gasteiger partial charge in [0.1, 0.15) is 0 Å². The summed E-state index contributed by atoms with van der Waals surface area (Å²) in [7, 11) is 0. The fourth-order valence-corrected chi connectivity index (χ4v) is 3.53. The highest BCUT2D eigenvalue weighted by molar-refractivity contribution is 8.18. The van der Waals surface area contributed by atoms with Crippen LogP contribution in [-0.2, 0) is 4.79 Å². The van der Waals surface area contributed by atoms with Crippen LogP contribution < -0.4 is 5.32 Å². The van der Waals surface area contributed by atoms with Crippen LogP contribution in [0.15, 0.2) is 53.4 Å². The first kappa shape index (κ1) is 18.3. The fourth-order valence-electron chi connectivity index (χ4n) is 2.69. The van der Waals surface area contributed by atoms with Crippen LogP contribution in [0.3, 0.4) is 0 Å². The number of hydrogen-bond donors (Lipinski definition) is 1. The van der Waals surface area contributed by atoms with Gasteiger partial charge in [0.25, 0.3) is 11.1 Å². The van der Waals surface area contributed by atoms with Crippen LogP contribution in [0.2, 0.25) is 0 Å². The highest BCUT2D eigenvalue weighted by atomic mass is 32.2. The van der Waals surface area contributed by atoms with E-state index in [1.54, 1.807) is 6.08 Å². The number of rotatable bonds is 5. The summed E-state index contributed by atoms with van der Waals surface area (Å²) in [6, 6.07) is 15.9. The average Bonchev–Trinajstić information content (AvgIpc) is 2.87. The van der Waals surface area contributed by atoms with Gasteiger partial charge in [-0.2, -0.15) is 0 Å². The molecule has 0 aliphatic carbocycles. The van der Waals surface area contributed by atoms with Crippen molar-refractivity contribution in [3.8, 4) is 0 Å². The Labute approximate surface area is 158 Å². The number of nitrogens with one attached hydrogen (secondary N) is 1. The summed E-state index contributed by atoms with van der Waals surface area (Å²) in [5, 5.41) is 2.89. The second-order valence-corrected chi connectivity index (χ2v) is 7.63. The van der Waals surface area contributed by atoms with Crippen LogP contribution in [-0.4, -0.2) is 22.7 Å². The number of hydrogen-bond acceptors (Lipinski definition) is 4. The minimum absolute atomic E-state index is 0.164. The molecule has 1 aliphatic rings. The normalized spacial score (nSPS) is 16.0. The molecule has 0 bridgehead atoms. The predicted molar refractivity (Wildman–Crippen MR) is 108 cm³/mol. The van der Waals surface area contributed by atoms with Gasteiger partial charge >= 0.3 is 0 Å². The van der Waals surface area contributed by atoms with Crippen LogP contribution in [0.1, 0.15) is 36.5 Å². The third-order valence-corrected chi connectivity index (χ3v) is 5.14. The van der Waals surface area contributed by atoms with Crippen molar-refractivity contribution in [2.45, 2.75) is 26.7 Å². The maximum atomic E-state index is 12.6. The molecule has 134 valence electrons. The number of anilines is 1. The first-order valence-corrected chi connectivity index (χ1v) is 9.41. The summed E-state index contributed by atoms with van der Waals surface area (Å²) >= 11 is 0.984. The number of thioether (sulfide) groups is 1. The second kappa shape index (κ2) is 7.79. The number of amides is 2. The molecule has 1 aliphatic heterocycles. The first-order valence-electron chi connectivity index (χ1n) is 8.60. The van der Waals surface area contributed by atoms with E-state index in [2.05, 4.69) is 31.3 Å². The van der Waals surface area contributed by atoms with Gasteiger partial charge in [-0.1, -0.05) is 50.2 Å². The van der Waals surface area contributed by atoms with E-state index in [1.165, 1.54) is 10.5 Å². The lowest BCUT2D eigenvalue weighted by Gasteiger charge is -2.14. The van der Waals surface area contributed by atoms with E-state index in [0.29, 0.717) is 10.8 Å². The minimum atomic E-state index is -0.256. The summed E-state index contributed by atoms with van der Waals surface area (Å²) in [5.74, 6) is 0.206. The summed E-state index contributed by atoms with van der Waals surface area (Å²) in [4.78, 5) is 26.5. The quantitative estimate of drug-likeness (QED) is 0.737. The maximum Gasteiger partial charge on any atom is 0.295 e. The highest BCUT2D eigenvalue weighted by Gasteiger charge is 2.34. The van der Waals surface area contributed by atoms with Gasteiger partial charge in [0.2, 0.25) is 0 Å². The lowest BCUT2D eigenvalue weighted by molar-refractivity contribution is -0.122. The molecule has 1 N–H and O–H groups in total. The highest BCUT2D eigenvalue weighted by Crippen LogP contribution is 2.32. The van der Waals surface area contributed by atoms with E-state index in [9.17, 15) is 9.59 Å². The molecule has 2 amide bonds. The van der Waals surface area contributed by atoms with Gasteiger partial charge in [-0.3, -0.25) is 14.5 Å². The van der Waals surface area contributed by atoms with Crippen molar-refractivity contribution in [1.29, 1.82) is 0 Å². The molecular weight excluding hydrogens is 344 g/mol. The Balaban J connectivity index is 1.69. The average molecular weight is 366 g/mol. The van der Waals surface area contributed by atoms with Gasteiger partial charge < -0.3 is 5.32 Å². The molecule has 0 saturated carbocycles. The zero-order valence-corrected chi connectivity index (χ0v) is 16.0. The lowest BCUT2D eigenvalue weighted by atomic mass is 10.0. The molecule has 0 aromatic heterocycles. The minimum Gasteiger partial charge on any atom is -0.367 e. The lowest BCUT2D eigenvalue weighted by Crippen LogP contribution is -2.33. The number of carbonyl (C=O) groups excluding carboxylic acids is 2. The third kappa shape index (κ3) is 4.17. The fraction of sp³-hybridized carbons (Fsp3) is 0.238. The SMILES string of the molecule is Cc1cccc(NCN2C(=O)SC(=Cc3ccc(C(C)C)cc3)C2=O)c1. The van der Waals surface area contributed by atoms with E-state index in [4.69, 9.17) is 0 Å². The maximum absolute atomic E-state index is 12.6. The van der Waals surface area contributed by atoms with Crippen LogP contribution in [0.25, 0.3) is 6.08 Å². The summed E-state index contributed by atoms with van der Waals surface area (Å²) in [6.07, 6.45) is 1.78. The van der Waals surface area contributed by atoms with E-state index in [0.717, 1.165) is 28.6 Å². The van der Waals surface area contributed by atoms with Crippen molar-refractivity contribution in [1.82, 2.24) is 4.90 Å². The molecule has 3 rings (SSSR count). The first-order chi connectivity index (χ1) is 12.4. The smallest absolute Gasteiger partial charge is 0.295 e. The van der Waals surface area contributed by atoms with E-state index in [-0.39, 0.29) is 17.8 Å². The topological polar surface area (TPSA) is 49.4 Å². The number of nitrogens with zero attached hydrogens (tertiary/aromatic N) is 1. The monoisotopic (exact) mass is 366 g/mol. The zero-order valence-electron chi connectivity index (χ0n) is 15.2. The van der Waals surface area contributed by atoms with Crippen LogP contribution in [0.5, 0.6) is 0 Å². The molecule has 1 heterocycles. The van der Waals surface area contributed by atoms with Crippen LogP contribution >= 0.6 is 11.8 Å². The standard InChI is InChI=1S/C21H22N2O2S/c1-14(2)17-9-7-16(8-10-17)12-19-20(24)23(21(25)26-19)13-22-18-6-4-5-15(3)11-18/h4-12,14,22H,13H2,1-3H3. The van der Waals surface area contributed by atoms with E-state index in [1.807, 2.05) is 43.3 Å². The van der Waals surface area contributed by atoms with Gasteiger partial charge in [0, 0.05) is 5.69 Å². The Kier molecular flexibility index (Phi) is 5.47. The van der Waals surface area contributed by atoms with Crippen LogP contribution in [0.4, 0.5) is 10.5 Å². The molecule has 5 heteroatoms. The second-order valence-electron chi connectivity index (χ2n) is 6.64. The number of carbonyl (C=O) groups is 2. The third-order valence-electron chi connectivity index (χ3n) is 4.23. The number of imide groups is 1.